The molecule has 4 heteroatoms. The third kappa shape index (κ3) is 3.11. The smallest absolute Gasteiger partial charge is 0.131 e. The first-order valence-corrected chi connectivity index (χ1v) is 5.45. The summed E-state index contributed by atoms with van der Waals surface area (Å²) in [6, 6.07) is 11.5. The number of rotatable bonds is 3. The van der Waals surface area contributed by atoms with Crippen molar-refractivity contribution in [2.45, 2.75) is 6.61 Å². The molecule has 2 rings (SSSR count). The highest BCUT2D eigenvalue weighted by Gasteiger charge is 2.03. The van der Waals surface area contributed by atoms with Gasteiger partial charge in [0.25, 0.3) is 0 Å². The molecule has 0 radical (unpaired) electrons. The molecule has 2 aromatic rings. The van der Waals surface area contributed by atoms with E-state index in [1.54, 1.807) is 36.4 Å². The molecule has 0 atom stereocenters. The number of anilines is 1. The summed E-state index contributed by atoms with van der Waals surface area (Å²) in [5, 5.41) is 0.371. The van der Waals surface area contributed by atoms with Gasteiger partial charge in [-0.25, -0.2) is 4.39 Å². The van der Waals surface area contributed by atoms with Gasteiger partial charge in [0.05, 0.1) is 0 Å². The predicted molar refractivity (Wildman–Crippen MR) is 66.6 cm³/mol. The molecule has 0 aliphatic heterocycles. The zero-order valence-corrected chi connectivity index (χ0v) is 9.75. The van der Waals surface area contributed by atoms with E-state index in [-0.39, 0.29) is 12.4 Å². The summed E-state index contributed by atoms with van der Waals surface area (Å²) in [6.07, 6.45) is 0. The number of hydrogen-bond donors (Lipinski definition) is 1. The summed E-state index contributed by atoms with van der Waals surface area (Å²) in [4.78, 5) is 0. The first kappa shape index (κ1) is 11.7. The molecular weight excluding hydrogens is 241 g/mol. The molecule has 0 aliphatic carbocycles. The van der Waals surface area contributed by atoms with Crippen LogP contribution in [0.2, 0.25) is 5.02 Å². The molecule has 2 aromatic carbocycles. The van der Waals surface area contributed by atoms with Gasteiger partial charge in [0.1, 0.15) is 18.2 Å². The van der Waals surface area contributed by atoms with E-state index in [9.17, 15) is 4.39 Å². The van der Waals surface area contributed by atoms with Crippen LogP contribution in [0, 0.1) is 5.82 Å². The van der Waals surface area contributed by atoms with Gasteiger partial charge >= 0.3 is 0 Å². The van der Waals surface area contributed by atoms with Crippen molar-refractivity contribution in [1.29, 1.82) is 0 Å². The Balaban J connectivity index is 2.07. The Hall–Kier alpha value is -1.74. The zero-order chi connectivity index (χ0) is 12.3. The normalized spacial score (nSPS) is 10.2. The monoisotopic (exact) mass is 251 g/mol. The third-order valence-electron chi connectivity index (χ3n) is 2.27. The van der Waals surface area contributed by atoms with Crippen LogP contribution in [0.25, 0.3) is 0 Å². The van der Waals surface area contributed by atoms with E-state index in [0.717, 1.165) is 0 Å². The van der Waals surface area contributed by atoms with Gasteiger partial charge in [-0.05, 0) is 24.3 Å². The Kier molecular flexibility index (Phi) is 3.49. The number of halogens is 2. The van der Waals surface area contributed by atoms with Crippen molar-refractivity contribution in [2.24, 2.45) is 0 Å². The summed E-state index contributed by atoms with van der Waals surface area (Å²) < 4.78 is 18.9. The Labute approximate surface area is 104 Å². The Morgan fingerprint density at radius 1 is 1.18 bits per heavy atom. The van der Waals surface area contributed by atoms with Crippen molar-refractivity contribution < 1.29 is 9.13 Å². The molecule has 2 nitrogen and oxygen atoms in total. The first-order chi connectivity index (χ1) is 8.15. The molecule has 88 valence electrons. The SMILES string of the molecule is Nc1cccc(OCc2ccc(Cl)cc2F)c1. The number of nitrogen functional groups attached to an aromatic ring is 1. The lowest BCUT2D eigenvalue weighted by Crippen LogP contribution is -1.98. The highest BCUT2D eigenvalue weighted by atomic mass is 35.5. The average Bonchev–Trinajstić information content (AvgIpc) is 2.28. The molecule has 0 amide bonds. The van der Waals surface area contributed by atoms with E-state index < -0.39 is 0 Å². The Morgan fingerprint density at radius 3 is 2.71 bits per heavy atom. The Bertz CT molecular complexity index is 531. The zero-order valence-electron chi connectivity index (χ0n) is 8.99. The van der Waals surface area contributed by atoms with Gasteiger partial charge in [0.2, 0.25) is 0 Å². The number of benzene rings is 2. The maximum atomic E-state index is 13.4. The fourth-order valence-corrected chi connectivity index (χ4v) is 1.56. The van der Waals surface area contributed by atoms with Gasteiger partial charge in [-0.1, -0.05) is 23.7 Å². The Morgan fingerprint density at radius 2 is 2.00 bits per heavy atom. The largest absolute Gasteiger partial charge is 0.489 e. The minimum Gasteiger partial charge on any atom is -0.489 e. The lowest BCUT2D eigenvalue weighted by molar-refractivity contribution is 0.300. The lowest BCUT2D eigenvalue weighted by atomic mass is 10.2. The van der Waals surface area contributed by atoms with Crippen molar-refractivity contribution in [3.8, 4) is 5.75 Å². The standard InChI is InChI=1S/C13H11ClFNO/c14-10-5-4-9(13(15)6-10)8-17-12-3-1-2-11(16)7-12/h1-7H,8,16H2. The quantitative estimate of drug-likeness (QED) is 0.846. The number of ether oxygens (including phenoxy) is 1. The van der Waals surface area contributed by atoms with Gasteiger partial charge in [-0.3, -0.25) is 0 Å². The first-order valence-electron chi connectivity index (χ1n) is 5.07. The van der Waals surface area contributed by atoms with Crippen LogP contribution in [0.3, 0.4) is 0 Å². The van der Waals surface area contributed by atoms with E-state index in [1.165, 1.54) is 6.07 Å². The molecule has 17 heavy (non-hydrogen) atoms. The van der Waals surface area contributed by atoms with Crippen LogP contribution in [0.15, 0.2) is 42.5 Å². The van der Waals surface area contributed by atoms with Crippen molar-refractivity contribution in [3.63, 3.8) is 0 Å². The van der Waals surface area contributed by atoms with E-state index in [1.807, 2.05) is 0 Å². The van der Waals surface area contributed by atoms with Crippen LogP contribution >= 0.6 is 11.6 Å². The molecule has 0 spiro atoms. The van der Waals surface area contributed by atoms with Crippen molar-refractivity contribution in [1.82, 2.24) is 0 Å². The third-order valence-corrected chi connectivity index (χ3v) is 2.50. The van der Waals surface area contributed by atoms with Gasteiger partial charge in [-0.15, -0.1) is 0 Å². The van der Waals surface area contributed by atoms with E-state index in [4.69, 9.17) is 22.1 Å². The fraction of sp³-hybridized carbons (Fsp3) is 0.0769. The van der Waals surface area contributed by atoms with Crippen LogP contribution in [-0.4, -0.2) is 0 Å². The van der Waals surface area contributed by atoms with Crippen LogP contribution < -0.4 is 10.5 Å². The summed E-state index contributed by atoms with van der Waals surface area (Å²) in [5.74, 6) is 0.237. The molecule has 0 heterocycles. The molecule has 0 aliphatic rings. The van der Waals surface area contributed by atoms with E-state index in [2.05, 4.69) is 0 Å². The summed E-state index contributed by atoms with van der Waals surface area (Å²) in [6.45, 7) is 0.145. The topological polar surface area (TPSA) is 35.2 Å². The van der Waals surface area contributed by atoms with Gasteiger partial charge in [0.15, 0.2) is 0 Å². The predicted octanol–water partition coefficient (Wildman–Crippen LogP) is 3.64. The lowest BCUT2D eigenvalue weighted by Gasteiger charge is -2.07. The minimum atomic E-state index is -0.374. The second-order valence-corrected chi connectivity index (χ2v) is 4.03. The summed E-state index contributed by atoms with van der Waals surface area (Å²) in [5.41, 5.74) is 6.67. The molecule has 2 N–H and O–H groups in total. The van der Waals surface area contributed by atoms with Crippen LogP contribution in [0.5, 0.6) is 5.75 Å². The summed E-state index contributed by atoms with van der Waals surface area (Å²) >= 11 is 5.66. The van der Waals surface area contributed by atoms with Crippen molar-refractivity contribution >= 4 is 17.3 Å². The molecule has 0 aromatic heterocycles. The van der Waals surface area contributed by atoms with Gasteiger partial charge < -0.3 is 10.5 Å². The maximum Gasteiger partial charge on any atom is 0.131 e. The highest BCUT2D eigenvalue weighted by molar-refractivity contribution is 6.30. The molecular formula is C13H11ClFNO. The van der Waals surface area contributed by atoms with E-state index in [0.29, 0.717) is 22.0 Å². The molecule has 0 saturated carbocycles. The number of nitrogens with two attached hydrogens (primary N) is 1. The fourth-order valence-electron chi connectivity index (χ4n) is 1.40. The summed E-state index contributed by atoms with van der Waals surface area (Å²) in [7, 11) is 0. The van der Waals surface area contributed by atoms with Gasteiger partial charge in [-0.2, -0.15) is 0 Å². The second-order valence-electron chi connectivity index (χ2n) is 3.60. The second kappa shape index (κ2) is 5.06. The van der Waals surface area contributed by atoms with Crippen molar-refractivity contribution in [3.05, 3.63) is 58.9 Å². The van der Waals surface area contributed by atoms with Crippen LogP contribution in [0.1, 0.15) is 5.56 Å². The van der Waals surface area contributed by atoms with Crippen molar-refractivity contribution in [2.75, 3.05) is 5.73 Å². The molecule has 0 saturated heterocycles. The van der Waals surface area contributed by atoms with Gasteiger partial charge in [0, 0.05) is 22.3 Å². The maximum absolute atomic E-state index is 13.4. The highest BCUT2D eigenvalue weighted by Crippen LogP contribution is 2.19. The number of hydrogen-bond acceptors (Lipinski definition) is 2. The molecule has 0 unspecified atom stereocenters. The molecule has 0 bridgehead atoms. The van der Waals surface area contributed by atoms with Crippen LogP contribution in [-0.2, 0) is 6.61 Å². The molecule has 0 fully saturated rings. The van der Waals surface area contributed by atoms with E-state index >= 15 is 0 Å². The van der Waals surface area contributed by atoms with Crippen LogP contribution in [0.4, 0.5) is 10.1 Å². The average molecular weight is 252 g/mol. The minimum absolute atomic E-state index is 0.145.